The molecule has 9 heteroatoms. The van der Waals surface area contributed by atoms with Crippen LogP contribution in [-0.4, -0.2) is 55.5 Å². The molecule has 1 aromatic carbocycles. The van der Waals surface area contributed by atoms with Crippen LogP contribution in [0.25, 0.3) is 0 Å². The van der Waals surface area contributed by atoms with Gasteiger partial charge in [0.2, 0.25) is 5.95 Å². The zero-order valence-corrected chi connectivity index (χ0v) is 21.4. The minimum Gasteiger partial charge on any atom is -0.497 e. The number of methoxy groups -OCH3 is 2. The third kappa shape index (κ3) is 5.81. The van der Waals surface area contributed by atoms with Crippen LogP contribution in [0.15, 0.2) is 18.2 Å². The number of aryl methyl sites for hydroxylation is 1. The monoisotopic (exact) mass is 484 g/mol. The molecule has 1 heterocycles. The maximum atomic E-state index is 5.57. The van der Waals surface area contributed by atoms with Crippen LogP contribution in [0, 0.1) is 0 Å². The summed E-state index contributed by atoms with van der Waals surface area (Å²) in [4.78, 5) is 11.9. The van der Waals surface area contributed by atoms with E-state index in [0.29, 0.717) is 22.9 Å². The highest BCUT2D eigenvalue weighted by Gasteiger charge is 2.24. The van der Waals surface area contributed by atoms with E-state index in [-0.39, 0.29) is 0 Å². The van der Waals surface area contributed by atoms with Gasteiger partial charge < -0.3 is 30.3 Å². The van der Waals surface area contributed by atoms with Crippen molar-refractivity contribution >= 4 is 34.8 Å². The van der Waals surface area contributed by atoms with Crippen LogP contribution in [0.5, 0.6) is 11.5 Å². The molecule has 34 heavy (non-hydrogen) atoms. The van der Waals surface area contributed by atoms with Gasteiger partial charge in [0, 0.05) is 37.8 Å². The van der Waals surface area contributed by atoms with Gasteiger partial charge in [-0.05, 0) is 75.7 Å². The molecule has 0 bridgehead atoms. The Bertz CT molecular complexity index is 1010. The van der Waals surface area contributed by atoms with Gasteiger partial charge in [0.25, 0.3) is 0 Å². The highest BCUT2D eigenvalue weighted by Crippen LogP contribution is 2.30. The minimum absolute atomic E-state index is 0.337. The first kappa shape index (κ1) is 24.3. The maximum absolute atomic E-state index is 5.57. The third-order valence-electron chi connectivity index (χ3n) is 6.64. The van der Waals surface area contributed by atoms with Crippen molar-refractivity contribution in [2.24, 2.45) is 0 Å². The number of fused-ring (bicyclic) bond motifs is 1. The van der Waals surface area contributed by atoms with Gasteiger partial charge >= 0.3 is 0 Å². The fourth-order valence-electron chi connectivity index (χ4n) is 4.82. The van der Waals surface area contributed by atoms with Crippen molar-refractivity contribution in [1.29, 1.82) is 0 Å². The Morgan fingerprint density at radius 3 is 2.44 bits per heavy atom. The molecule has 4 rings (SSSR count). The maximum Gasteiger partial charge on any atom is 0.225 e. The second kappa shape index (κ2) is 11.1. The van der Waals surface area contributed by atoms with E-state index >= 15 is 0 Å². The lowest BCUT2D eigenvalue weighted by Crippen LogP contribution is -2.42. The molecule has 1 fully saturated rings. The summed E-state index contributed by atoms with van der Waals surface area (Å²) in [6.07, 6.45) is 8.72. The molecule has 3 N–H and O–H groups in total. The summed E-state index contributed by atoms with van der Waals surface area (Å²) in [5, 5.41) is 10.9. The zero-order valence-electron chi connectivity index (χ0n) is 20.6. The van der Waals surface area contributed by atoms with Crippen LogP contribution in [0.1, 0.15) is 49.8 Å². The zero-order chi connectivity index (χ0) is 24.1. The van der Waals surface area contributed by atoms with Gasteiger partial charge in [0.1, 0.15) is 17.3 Å². The number of hydrogen-bond donors (Lipinski definition) is 3. The number of nitrogens with zero attached hydrogens (tertiary/aromatic N) is 3. The Balaban J connectivity index is 1.30. The summed E-state index contributed by atoms with van der Waals surface area (Å²) in [5.41, 5.74) is 3.36. The molecule has 0 radical (unpaired) electrons. The van der Waals surface area contributed by atoms with Crippen molar-refractivity contribution in [3.05, 3.63) is 29.5 Å². The normalized spacial score (nSPS) is 19.5. The van der Waals surface area contributed by atoms with Crippen LogP contribution >= 0.6 is 12.2 Å². The average Bonchev–Trinajstić information content (AvgIpc) is 2.85. The number of anilines is 3. The number of nitrogens with one attached hydrogen (secondary N) is 3. The van der Waals surface area contributed by atoms with Crippen molar-refractivity contribution in [3.63, 3.8) is 0 Å². The molecule has 2 aromatic rings. The summed E-state index contributed by atoms with van der Waals surface area (Å²) in [7, 11) is 7.41. The van der Waals surface area contributed by atoms with Gasteiger partial charge in [-0.3, -0.25) is 0 Å². The van der Waals surface area contributed by atoms with Crippen LogP contribution < -0.4 is 30.3 Å². The Morgan fingerprint density at radius 2 is 1.74 bits per heavy atom. The molecule has 0 aliphatic heterocycles. The molecular weight excluding hydrogens is 448 g/mol. The molecule has 0 unspecified atom stereocenters. The Morgan fingerprint density at radius 1 is 1.00 bits per heavy atom. The quantitative estimate of drug-likeness (QED) is 0.502. The van der Waals surface area contributed by atoms with Crippen LogP contribution in [0.4, 0.5) is 17.5 Å². The van der Waals surface area contributed by atoms with Gasteiger partial charge in [-0.2, -0.15) is 4.98 Å². The predicted molar refractivity (Wildman–Crippen MR) is 142 cm³/mol. The smallest absolute Gasteiger partial charge is 0.225 e. The van der Waals surface area contributed by atoms with Crippen LogP contribution in [-0.2, 0) is 12.8 Å². The summed E-state index contributed by atoms with van der Waals surface area (Å²) in [6, 6.07) is 6.34. The highest BCUT2D eigenvalue weighted by atomic mass is 32.1. The molecule has 0 atom stereocenters. The average molecular weight is 485 g/mol. The lowest BCUT2D eigenvalue weighted by molar-refractivity contribution is 0.387. The number of hydrogen-bond acceptors (Lipinski definition) is 7. The first-order valence-electron chi connectivity index (χ1n) is 12.1. The first-order valence-corrected chi connectivity index (χ1v) is 12.5. The summed E-state index contributed by atoms with van der Waals surface area (Å²) in [5.74, 6) is 3.27. The van der Waals surface area contributed by atoms with Crippen molar-refractivity contribution in [1.82, 2.24) is 15.3 Å². The van der Waals surface area contributed by atoms with Crippen LogP contribution in [0.2, 0.25) is 0 Å². The van der Waals surface area contributed by atoms with E-state index in [4.69, 9.17) is 31.7 Å². The molecule has 2 aliphatic carbocycles. The predicted octanol–water partition coefficient (Wildman–Crippen LogP) is 4.15. The third-order valence-corrected chi connectivity index (χ3v) is 6.86. The lowest BCUT2D eigenvalue weighted by Gasteiger charge is -2.31. The number of aromatic nitrogens is 2. The number of ether oxygens (including phenoxy) is 2. The van der Waals surface area contributed by atoms with E-state index in [2.05, 4.69) is 34.9 Å². The van der Waals surface area contributed by atoms with Crippen LogP contribution in [0.3, 0.4) is 0 Å². The molecule has 8 nitrogen and oxygen atoms in total. The second-order valence-electron chi connectivity index (χ2n) is 9.26. The first-order chi connectivity index (χ1) is 16.5. The van der Waals surface area contributed by atoms with Gasteiger partial charge in [-0.1, -0.05) is 0 Å². The largest absolute Gasteiger partial charge is 0.497 e. The standard InChI is InChI=1S/C25H36N6O2S/c1-31(2)23-19-7-5-6-8-20(19)28-24(30-23)26-16-9-11-17(12-10-16)27-25(34)29-21-14-13-18(32-3)15-22(21)33-4/h13-17H,5-12H2,1-4H3,(H,26,28,30)(H2,27,29,34)/t16-,17+. The molecular formula is C25H36N6O2S. The van der Waals surface area contributed by atoms with Gasteiger partial charge in [-0.15, -0.1) is 0 Å². The fourth-order valence-corrected chi connectivity index (χ4v) is 5.10. The molecule has 1 aromatic heterocycles. The molecule has 0 spiro atoms. The fraction of sp³-hybridized carbons (Fsp3) is 0.560. The van der Waals surface area contributed by atoms with Gasteiger partial charge in [0.05, 0.1) is 25.6 Å². The molecule has 184 valence electrons. The van der Waals surface area contributed by atoms with E-state index in [0.717, 1.165) is 61.7 Å². The Hall–Kier alpha value is -2.81. The topological polar surface area (TPSA) is 83.6 Å². The molecule has 2 aliphatic rings. The van der Waals surface area contributed by atoms with Gasteiger partial charge in [-0.25, -0.2) is 4.98 Å². The number of thiocarbonyl (C=S) groups is 1. The molecule has 0 saturated heterocycles. The number of benzene rings is 1. The summed E-state index contributed by atoms with van der Waals surface area (Å²) in [6.45, 7) is 0. The van der Waals surface area contributed by atoms with Crippen molar-refractivity contribution in [2.45, 2.75) is 63.5 Å². The number of rotatable bonds is 7. The highest BCUT2D eigenvalue weighted by molar-refractivity contribution is 7.80. The SMILES string of the molecule is COc1ccc(NC(=S)N[C@H]2CC[C@@H](Nc3nc4c(c(N(C)C)n3)CCCC4)CC2)c(OC)c1. The van der Waals surface area contributed by atoms with Crippen molar-refractivity contribution in [3.8, 4) is 11.5 Å². The van der Waals surface area contributed by atoms with Gasteiger partial charge in [0.15, 0.2) is 5.11 Å². The molecule has 0 amide bonds. The molecule has 1 saturated carbocycles. The van der Waals surface area contributed by atoms with E-state index in [1.165, 1.54) is 24.1 Å². The van der Waals surface area contributed by atoms with Crippen molar-refractivity contribution < 1.29 is 9.47 Å². The minimum atomic E-state index is 0.337. The van der Waals surface area contributed by atoms with E-state index in [1.54, 1.807) is 14.2 Å². The van der Waals surface area contributed by atoms with Crippen molar-refractivity contribution in [2.75, 3.05) is 43.8 Å². The lowest BCUT2D eigenvalue weighted by atomic mass is 9.91. The Kier molecular flexibility index (Phi) is 7.92. The van der Waals surface area contributed by atoms with E-state index in [9.17, 15) is 0 Å². The van der Waals surface area contributed by atoms with E-state index < -0.39 is 0 Å². The Labute approximate surface area is 207 Å². The van der Waals surface area contributed by atoms with E-state index in [1.807, 2.05) is 18.2 Å². The summed E-state index contributed by atoms with van der Waals surface area (Å²) < 4.78 is 10.7. The summed E-state index contributed by atoms with van der Waals surface area (Å²) >= 11 is 5.57. The second-order valence-corrected chi connectivity index (χ2v) is 9.66.